The number of hydrogen-bond acceptors (Lipinski definition) is 5. The smallest absolute Gasteiger partial charge is 0.387 e. The number of hydrogen-bond donors (Lipinski definition) is 2. The van der Waals surface area contributed by atoms with Crippen LogP contribution in [0.15, 0.2) is 18.2 Å². The molecule has 0 aliphatic heterocycles. The van der Waals surface area contributed by atoms with E-state index in [1.807, 2.05) is 0 Å². The number of alkyl halides is 2. The minimum Gasteiger partial charge on any atom is -0.497 e. The van der Waals surface area contributed by atoms with Gasteiger partial charge in [0.05, 0.1) is 20.3 Å². The predicted molar refractivity (Wildman–Crippen MR) is 76.2 cm³/mol. The zero-order valence-electron chi connectivity index (χ0n) is 12.5. The van der Waals surface area contributed by atoms with Gasteiger partial charge in [-0.2, -0.15) is 8.78 Å². The minimum atomic E-state index is -2.93. The lowest BCUT2D eigenvalue weighted by Gasteiger charge is -2.13. The number of nitrogens with one attached hydrogen (secondary N) is 2. The molecule has 0 saturated heterocycles. The van der Waals surface area contributed by atoms with E-state index >= 15 is 0 Å². The van der Waals surface area contributed by atoms with Crippen LogP contribution in [0.2, 0.25) is 0 Å². The van der Waals surface area contributed by atoms with Crippen LogP contribution in [0.3, 0.4) is 0 Å². The Morgan fingerprint density at radius 2 is 2.09 bits per heavy atom. The van der Waals surface area contributed by atoms with Crippen LogP contribution in [0, 0.1) is 0 Å². The van der Waals surface area contributed by atoms with Crippen LogP contribution in [-0.4, -0.2) is 46.4 Å². The SMILES string of the molecule is COCCNCC(=O)NCc1cc(OC)ccc1OC(F)F. The van der Waals surface area contributed by atoms with Gasteiger partial charge in [0.1, 0.15) is 11.5 Å². The van der Waals surface area contributed by atoms with Crippen molar-refractivity contribution in [2.24, 2.45) is 0 Å². The summed E-state index contributed by atoms with van der Waals surface area (Å²) >= 11 is 0. The summed E-state index contributed by atoms with van der Waals surface area (Å²) < 4.78 is 39.0. The van der Waals surface area contributed by atoms with Gasteiger partial charge < -0.3 is 24.8 Å². The topological polar surface area (TPSA) is 68.8 Å². The zero-order valence-corrected chi connectivity index (χ0v) is 12.5. The number of carbonyl (C=O) groups is 1. The highest BCUT2D eigenvalue weighted by Gasteiger charge is 2.12. The highest BCUT2D eigenvalue weighted by Crippen LogP contribution is 2.25. The van der Waals surface area contributed by atoms with Crippen molar-refractivity contribution in [1.82, 2.24) is 10.6 Å². The van der Waals surface area contributed by atoms with E-state index in [1.165, 1.54) is 25.3 Å². The van der Waals surface area contributed by atoms with Crippen LogP contribution in [0.5, 0.6) is 11.5 Å². The minimum absolute atomic E-state index is 0.00319. The van der Waals surface area contributed by atoms with Crippen LogP contribution >= 0.6 is 0 Å². The molecule has 6 nitrogen and oxygen atoms in total. The van der Waals surface area contributed by atoms with E-state index in [0.717, 1.165) is 0 Å². The molecule has 1 aromatic carbocycles. The second-order valence-electron chi connectivity index (χ2n) is 4.30. The lowest BCUT2D eigenvalue weighted by atomic mass is 10.2. The molecule has 0 spiro atoms. The second kappa shape index (κ2) is 9.91. The van der Waals surface area contributed by atoms with Crippen molar-refractivity contribution in [2.45, 2.75) is 13.2 Å². The third-order valence-corrected chi connectivity index (χ3v) is 2.73. The molecule has 8 heteroatoms. The number of rotatable bonds is 10. The van der Waals surface area contributed by atoms with E-state index in [-0.39, 0.29) is 24.7 Å². The van der Waals surface area contributed by atoms with Crippen LogP contribution in [0.1, 0.15) is 5.56 Å². The van der Waals surface area contributed by atoms with Crippen LogP contribution in [0.25, 0.3) is 0 Å². The zero-order chi connectivity index (χ0) is 16.4. The number of amides is 1. The maximum Gasteiger partial charge on any atom is 0.387 e. The van der Waals surface area contributed by atoms with Crippen molar-refractivity contribution in [2.75, 3.05) is 33.9 Å². The van der Waals surface area contributed by atoms with Crippen molar-refractivity contribution in [3.05, 3.63) is 23.8 Å². The Morgan fingerprint density at radius 1 is 1.32 bits per heavy atom. The van der Waals surface area contributed by atoms with Gasteiger partial charge in [-0.05, 0) is 18.2 Å². The molecular formula is C14H20F2N2O4. The van der Waals surface area contributed by atoms with Crippen molar-refractivity contribution < 1.29 is 27.8 Å². The van der Waals surface area contributed by atoms with E-state index in [2.05, 4.69) is 15.4 Å². The first-order valence-electron chi connectivity index (χ1n) is 6.65. The fourth-order valence-corrected chi connectivity index (χ4v) is 1.66. The molecule has 0 unspecified atom stereocenters. The Balaban J connectivity index is 2.56. The second-order valence-corrected chi connectivity index (χ2v) is 4.30. The third-order valence-electron chi connectivity index (χ3n) is 2.73. The molecule has 1 amide bonds. The van der Waals surface area contributed by atoms with Crippen molar-refractivity contribution in [3.8, 4) is 11.5 Å². The summed E-state index contributed by atoms with van der Waals surface area (Å²) in [5.41, 5.74) is 0.407. The van der Waals surface area contributed by atoms with Crippen molar-refractivity contribution >= 4 is 5.91 Å². The van der Waals surface area contributed by atoms with Crippen molar-refractivity contribution in [1.29, 1.82) is 0 Å². The predicted octanol–water partition coefficient (Wildman–Crippen LogP) is 1.15. The highest BCUT2D eigenvalue weighted by molar-refractivity contribution is 5.78. The molecular weight excluding hydrogens is 298 g/mol. The van der Waals surface area contributed by atoms with E-state index in [0.29, 0.717) is 24.5 Å². The molecule has 124 valence electrons. The molecule has 0 fully saturated rings. The molecule has 0 radical (unpaired) electrons. The van der Waals surface area contributed by atoms with E-state index in [4.69, 9.17) is 9.47 Å². The molecule has 0 aliphatic rings. The van der Waals surface area contributed by atoms with Gasteiger partial charge in [0.15, 0.2) is 0 Å². The summed E-state index contributed by atoms with van der Waals surface area (Å²) in [7, 11) is 3.03. The summed E-state index contributed by atoms with van der Waals surface area (Å²) in [6, 6.07) is 4.43. The molecule has 0 aliphatic carbocycles. The lowest BCUT2D eigenvalue weighted by molar-refractivity contribution is -0.120. The summed E-state index contributed by atoms with van der Waals surface area (Å²) in [5.74, 6) is 0.231. The van der Waals surface area contributed by atoms with Gasteiger partial charge in [-0.15, -0.1) is 0 Å². The number of methoxy groups -OCH3 is 2. The fraction of sp³-hybridized carbons (Fsp3) is 0.500. The number of carbonyl (C=O) groups excluding carboxylic acids is 1. The van der Waals surface area contributed by atoms with Crippen molar-refractivity contribution in [3.63, 3.8) is 0 Å². The molecule has 0 bridgehead atoms. The summed E-state index contributed by atoms with van der Waals surface area (Å²) in [5, 5.41) is 5.50. The summed E-state index contributed by atoms with van der Waals surface area (Å²) in [6.45, 7) is -1.72. The quantitative estimate of drug-likeness (QED) is 0.633. The highest BCUT2D eigenvalue weighted by atomic mass is 19.3. The van der Waals surface area contributed by atoms with Gasteiger partial charge in [-0.3, -0.25) is 4.79 Å². The molecule has 1 rings (SSSR count). The summed E-state index contributed by atoms with van der Waals surface area (Å²) in [6.07, 6.45) is 0. The Bertz CT molecular complexity index is 472. The number of ether oxygens (including phenoxy) is 3. The maximum atomic E-state index is 12.4. The van der Waals surface area contributed by atoms with E-state index in [1.54, 1.807) is 7.11 Å². The van der Waals surface area contributed by atoms with Gasteiger partial charge in [0, 0.05) is 25.8 Å². The molecule has 0 atom stereocenters. The third kappa shape index (κ3) is 6.68. The Morgan fingerprint density at radius 3 is 2.73 bits per heavy atom. The molecule has 2 N–H and O–H groups in total. The molecule has 0 saturated carbocycles. The first-order valence-corrected chi connectivity index (χ1v) is 6.65. The van der Waals surface area contributed by atoms with E-state index < -0.39 is 6.61 Å². The monoisotopic (exact) mass is 318 g/mol. The average Bonchev–Trinajstić information content (AvgIpc) is 2.50. The average molecular weight is 318 g/mol. The summed E-state index contributed by atoms with van der Waals surface area (Å²) in [4.78, 5) is 11.6. The first-order chi connectivity index (χ1) is 10.6. The first kappa shape index (κ1) is 18.1. The lowest BCUT2D eigenvalue weighted by Crippen LogP contribution is -2.34. The largest absolute Gasteiger partial charge is 0.497 e. The van der Waals surface area contributed by atoms with Gasteiger partial charge in [-0.25, -0.2) is 0 Å². The Kier molecular flexibility index (Phi) is 8.16. The normalized spacial score (nSPS) is 10.6. The fourth-order valence-electron chi connectivity index (χ4n) is 1.66. The van der Waals surface area contributed by atoms with Gasteiger partial charge >= 0.3 is 6.61 Å². The number of benzene rings is 1. The van der Waals surface area contributed by atoms with Gasteiger partial charge in [-0.1, -0.05) is 0 Å². The number of halogens is 2. The van der Waals surface area contributed by atoms with E-state index in [9.17, 15) is 13.6 Å². The van der Waals surface area contributed by atoms with Gasteiger partial charge in [0.25, 0.3) is 0 Å². The molecule has 0 heterocycles. The Hall–Kier alpha value is -1.93. The van der Waals surface area contributed by atoms with Gasteiger partial charge in [0.2, 0.25) is 5.91 Å². The standard InChI is InChI=1S/C14H20F2N2O4/c1-20-6-5-17-9-13(19)18-8-10-7-11(21-2)3-4-12(10)22-14(15)16/h3-4,7,14,17H,5-6,8-9H2,1-2H3,(H,18,19). The molecule has 0 aromatic heterocycles. The van der Waals surface area contributed by atoms with Crippen LogP contribution in [0.4, 0.5) is 8.78 Å². The molecule has 1 aromatic rings. The van der Waals surface area contributed by atoms with Crippen LogP contribution in [-0.2, 0) is 16.1 Å². The Labute approximate surface area is 127 Å². The van der Waals surface area contributed by atoms with Crippen LogP contribution < -0.4 is 20.1 Å². The molecule has 22 heavy (non-hydrogen) atoms. The maximum absolute atomic E-state index is 12.4.